The van der Waals surface area contributed by atoms with Gasteiger partial charge in [0.15, 0.2) is 0 Å². The summed E-state index contributed by atoms with van der Waals surface area (Å²) in [6.45, 7) is 4.20. The van der Waals surface area contributed by atoms with Crippen LogP contribution in [0.5, 0.6) is 0 Å². The molecule has 32 heavy (non-hydrogen) atoms. The van der Waals surface area contributed by atoms with Crippen LogP contribution in [-0.2, 0) is 11.2 Å². The van der Waals surface area contributed by atoms with Gasteiger partial charge in [0.05, 0.1) is 11.8 Å². The first-order chi connectivity index (χ1) is 15.3. The molecule has 0 aliphatic rings. The third kappa shape index (κ3) is 4.42. The largest absolute Gasteiger partial charge is 0.294 e. The Labute approximate surface area is 183 Å². The summed E-state index contributed by atoms with van der Waals surface area (Å²) in [5, 5.41) is 5.44. The van der Waals surface area contributed by atoms with Gasteiger partial charge in [-0.1, -0.05) is 56.3 Å². The molecule has 0 saturated heterocycles. The van der Waals surface area contributed by atoms with Crippen LogP contribution in [0, 0.1) is 11.6 Å². The van der Waals surface area contributed by atoms with Crippen molar-refractivity contribution in [2.45, 2.75) is 26.2 Å². The Kier molecular flexibility index (Phi) is 5.81. The lowest BCUT2D eigenvalue weighted by atomic mass is 9.99. The van der Waals surface area contributed by atoms with Crippen molar-refractivity contribution in [2.24, 2.45) is 0 Å². The van der Waals surface area contributed by atoms with Crippen LogP contribution in [0.1, 0.15) is 30.9 Å². The number of carbonyl (C=O) groups excluding carboxylic acids is 1. The van der Waals surface area contributed by atoms with E-state index in [4.69, 9.17) is 0 Å². The van der Waals surface area contributed by atoms with E-state index in [0.29, 0.717) is 22.4 Å². The van der Waals surface area contributed by atoms with Crippen molar-refractivity contribution in [1.82, 2.24) is 9.89 Å². The predicted octanol–water partition coefficient (Wildman–Crippen LogP) is 4.78. The Balaban J connectivity index is 1.72. The van der Waals surface area contributed by atoms with Gasteiger partial charge in [-0.15, -0.1) is 9.89 Å². The molecule has 5 nitrogen and oxygen atoms in total. The van der Waals surface area contributed by atoms with E-state index in [1.807, 2.05) is 30.3 Å². The van der Waals surface area contributed by atoms with Crippen molar-refractivity contribution in [2.75, 3.05) is 5.43 Å². The van der Waals surface area contributed by atoms with Gasteiger partial charge in [0.1, 0.15) is 17.3 Å². The van der Waals surface area contributed by atoms with E-state index in [9.17, 15) is 18.4 Å². The van der Waals surface area contributed by atoms with Crippen LogP contribution in [-0.4, -0.2) is 15.8 Å². The summed E-state index contributed by atoms with van der Waals surface area (Å²) >= 11 is 0. The molecule has 0 aliphatic heterocycles. The fourth-order valence-electron chi connectivity index (χ4n) is 3.56. The monoisotopic (exact) mass is 433 g/mol. The number of amides is 1. The minimum atomic E-state index is -0.777. The fraction of sp³-hybridized carbons (Fsp3) is 0.160. The predicted molar refractivity (Wildman–Crippen MR) is 120 cm³/mol. The van der Waals surface area contributed by atoms with Gasteiger partial charge in [-0.2, -0.15) is 0 Å². The molecular weight excluding hydrogens is 412 g/mol. The normalized spacial score (nSPS) is 11.2. The molecule has 1 aromatic heterocycles. The molecule has 0 radical (unpaired) electrons. The number of nitrogens with zero attached hydrogens (tertiary/aromatic N) is 2. The lowest BCUT2D eigenvalue weighted by molar-refractivity contribution is -0.116. The van der Waals surface area contributed by atoms with E-state index in [2.05, 4.69) is 24.4 Å². The van der Waals surface area contributed by atoms with Gasteiger partial charge < -0.3 is 0 Å². The van der Waals surface area contributed by atoms with Gasteiger partial charge in [-0.25, -0.2) is 14.2 Å². The highest BCUT2D eigenvalue weighted by atomic mass is 19.1. The quantitative estimate of drug-likeness (QED) is 0.493. The van der Waals surface area contributed by atoms with Crippen molar-refractivity contribution in [3.05, 3.63) is 99.8 Å². The van der Waals surface area contributed by atoms with E-state index in [0.717, 1.165) is 28.6 Å². The number of halogens is 2. The Morgan fingerprint density at radius 3 is 2.22 bits per heavy atom. The van der Waals surface area contributed by atoms with Gasteiger partial charge in [0, 0.05) is 17.0 Å². The minimum absolute atomic E-state index is 0.151. The standard InChI is InChI=1S/C25H21F2N3O2/c1-15(2)17-7-9-18(10-8-17)24-21-5-3-4-6-22(21)25(32)30(29-24)28-23(31)13-16-11-19(26)14-20(27)12-16/h3-12,14-15H,13H2,1-2H3,(H,28,31). The summed E-state index contributed by atoms with van der Waals surface area (Å²) in [7, 11) is 0. The summed E-state index contributed by atoms with van der Waals surface area (Å²) in [5.74, 6) is -1.81. The van der Waals surface area contributed by atoms with Crippen LogP contribution >= 0.6 is 0 Å². The first-order valence-electron chi connectivity index (χ1n) is 10.2. The van der Waals surface area contributed by atoms with Crippen LogP contribution in [0.25, 0.3) is 22.0 Å². The van der Waals surface area contributed by atoms with Gasteiger partial charge in [0.25, 0.3) is 5.56 Å². The first-order valence-corrected chi connectivity index (χ1v) is 10.2. The van der Waals surface area contributed by atoms with Crippen molar-refractivity contribution in [3.63, 3.8) is 0 Å². The maximum absolute atomic E-state index is 13.4. The highest BCUT2D eigenvalue weighted by Gasteiger charge is 2.15. The molecule has 1 amide bonds. The smallest absolute Gasteiger partial charge is 0.273 e. The first kappa shape index (κ1) is 21.4. The maximum atomic E-state index is 13.4. The number of fused-ring (bicyclic) bond motifs is 1. The van der Waals surface area contributed by atoms with Crippen LogP contribution in [0.3, 0.4) is 0 Å². The zero-order chi connectivity index (χ0) is 22.8. The second-order valence-corrected chi connectivity index (χ2v) is 7.88. The fourth-order valence-corrected chi connectivity index (χ4v) is 3.56. The summed E-state index contributed by atoms with van der Waals surface area (Å²) in [5.41, 5.74) is 4.59. The average Bonchev–Trinajstić information content (AvgIpc) is 2.75. The Hall–Kier alpha value is -3.87. The molecule has 0 fully saturated rings. The van der Waals surface area contributed by atoms with Crippen molar-refractivity contribution < 1.29 is 13.6 Å². The van der Waals surface area contributed by atoms with Gasteiger partial charge >= 0.3 is 0 Å². The van der Waals surface area contributed by atoms with Crippen LogP contribution in [0.4, 0.5) is 8.78 Å². The zero-order valence-corrected chi connectivity index (χ0v) is 17.6. The van der Waals surface area contributed by atoms with E-state index >= 15 is 0 Å². The highest BCUT2D eigenvalue weighted by molar-refractivity contribution is 5.94. The molecule has 7 heteroatoms. The second kappa shape index (κ2) is 8.70. The molecule has 4 aromatic rings. The minimum Gasteiger partial charge on any atom is -0.273 e. The maximum Gasteiger partial charge on any atom is 0.294 e. The number of nitrogens with one attached hydrogen (secondary N) is 1. The molecule has 1 N–H and O–H groups in total. The summed E-state index contributed by atoms with van der Waals surface area (Å²) in [6.07, 6.45) is -0.311. The number of benzene rings is 3. The van der Waals surface area contributed by atoms with Crippen molar-refractivity contribution in [1.29, 1.82) is 0 Å². The van der Waals surface area contributed by atoms with Gasteiger partial charge in [-0.3, -0.25) is 9.59 Å². The van der Waals surface area contributed by atoms with Crippen molar-refractivity contribution >= 4 is 16.7 Å². The number of rotatable bonds is 5. The molecule has 0 bridgehead atoms. The van der Waals surface area contributed by atoms with Crippen molar-refractivity contribution in [3.8, 4) is 11.3 Å². The number of hydrogen-bond acceptors (Lipinski definition) is 3. The van der Waals surface area contributed by atoms with Crippen LogP contribution in [0.2, 0.25) is 0 Å². The highest BCUT2D eigenvalue weighted by Crippen LogP contribution is 2.26. The molecule has 0 atom stereocenters. The second-order valence-electron chi connectivity index (χ2n) is 7.88. The summed E-state index contributed by atoms with van der Waals surface area (Å²) in [4.78, 5) is 26.3. The molecule has 4 rings (SSSR count). The topological polar surface area (TPSA) is 64.0 Å². The number of aromatic nitrogens is 2. The molecule has 0 unspecified atom stereocenters. The molecule has 0 saturated carbocycles. The Morgan fingerprint density at radius 1 is 0.969 bits per heavy atom. The molecule has 1 heterocycles. The molecule has 0 aliphatic carbocycles. The molecule has 3 aromatic carbocycles. The SMILES string of the molecule is CC(C)c1ccc(-c2nn(NC(=O)Cc3cc(F)cc(F)c3)c(=O)c3ccccc23)cc1. The molecule has 162 valence electrons. The van der Waals surface area contributed by atoms with E-state index in [1.165, 1.54) is 5.56 Å². The van der Waals surface area contributed by atoms with E-state index < -0.39 is 23.1 Å². The lowest BCUT2D eigenvalue weighted by Crippen LogP contribution is -2.36. The molecular formula is C25H21F2N3O2. The number of hydrogen-bond donors (Lipinski definition) is 1. The zero-order valence-electron chi connectivity index (χ0n) is 17.6. The van der Waals surface area contributed by atoms with E-state index in [-0.39, 0.29) is 12.0 Å². The third-order valence-electron chi connectivity index (χ3n) is 5.17. The summed E-state index contributed by atoms with van der Waals surface area (Å²) < 4.78 is 26.8. The summed E-state index contributed by atoms with van der Waals surface area (Å²) in [6, 6.07) is 17.7. The van der Waals surface area contributed by atoms with Gasteiger partial charge in [0.2, 0.25) is 5.91 Å². The van der Waals surface area contributed by atoms with Crippen LogP contribution in [0.15, 0.2) is 71.5 Å². The Bertz CT molecular complexity index is 1340. The Morgan fingerprint density at radius 2 is 1.59 bits per heavy atom. The number of carbonyl (C=O) groups is 1. The van der Waals surface area contributed by atoms with Crippen LogP contribution < -0.4 is 11.0 Å². The molecule has 0 spiro atoms. The third-order valence-corrected chi connectivity index (χ3v) is 5.17. The van der Waals surface area contributed by atoms with E-state index in [1.54, 1.807) is 18.2 Å². The van der Waals surface area contributed by atoms with Gasteiger partial charge in [-0.05, 0) is 35.2 Å². The average molecular weight is 433 g/mol. The lowest BCUT2D eigenvalue weighted by Gasteiger charge is -2.13.